The van der Waals surface area contributed by atoms with Crippen molar-refractivity contribution in [1.82, 2.24) is 9.97 Å². The average Bonchev–Trinajstić information content (AvgIpc) is 3.07. The van der Waals surface area contributed by atoms with E-state index in [2.05, 4.69) is 21.4 Å². The van der Waals surface area contributed by atoms with E-state index >= 15 is 0 Å². The Labute approximate surface area is 139 Å². The summed E-state index contributed by atoms with van der Waals surface area (Å²) in [5, 5.41) is 2.16. The molecule has 0 unspecified atom stereocenters. The number of hydrogen-bond acceptors (Lipinski definition) is 5. The first kappa shape index (κ1) is 15.0. The highest BCUT2D eigenvalue weighted by Gasteiger charge is 2.42. The number of rotatable bonds is 2. The number of aromatic nitrogens is 2. The molecular weight excluding hydrogens is 313 g/mol. The van der Waals surface area contributed by atoms with Crippen LogP contribution in [0, 0.1) is 5.82 Å². The van der Waals surface area contributed by atoms with Crippen LogP contribution in [0.3, 0.4) is 0 Å². The maximum atomic E-state index is 14.5. The van der Waals surface area contributed by atoms with Crippen molar-refractivity contribution in [1.29, 1.82) is 0 Å². The van der Waals surface area contributed by atoms with Gasteiger partial charge in [0.15, 0.2) is 11.6 Å². The van der Waals surface area contributed by atoms with E-state index in [4.69, 9.17) is 4.74 Å². The van der Waals surface area contributed by atoms with Crippen molar-refractivity contribution in [3.05, 3.63) is 39.7 Å². The van der Waals surface area contributed by atoms with Gasteiger partial charge in [0.05, 0.1) is 17.9 Å². The molecule has 0 N–H and O–H groups in total. The van der Waals surface area contributed by atoms with E-state index in [1.165, 1.54) is 16.8 Å². The van der Waals surface area contributed by atoms with Crippen LogP contribution in [0.15, 0.2) is 17.8 Å². The highest BCUT2D eigenvalue weighted by molar-refractivity contribution is 7.10. The SMILES string of the molecule is CCc1ncnc(N2CCC3(CC2)OCCc2sccc23)c1F. The monoisotopic (exact) mass is 333 g/mol. The van der Waals surface area contributed by atoms with Crippen LogP contribution in [0.2, 0.25) is 0 Å². The summed E-state index contributed by atoms with van der Waals surface area (Å²) in [7, 11) is 0. The summed E-state index contributed by atoms with van der Waals surface area (Å²) in [6, 6.07) is 2.20. The fraction of sp³-hybridized carbons (Fsp3) is 0.529. The summed E-state index contributed by atoms with van der Waals surface area (Å²) >= 11 is 1.82. The molecular formula is C17H20FN3OS. The van der Waals surface area contributed by atoms with Gasteiger partial charge < -0.3 is 9.64 Å². The Hall–Kier alpha value is -1.53. The van der Waals surface area contributed by atoms with Gasteiger partial charge in [-0.05, 0) is 36.3 Å². The van der Waals surface area contributed by atoms with E-state index in [1.807, 2.05) is 23.2 Å². The molecule has 6 heteroatoms. The summed E-state index contributed by atoms with van der Waals surface area (Å²) in [6.07, 6.45) is 4.82. The molecule has 4 rings (SSSR count). The van der Waals surface area contributed by atoms with Crippen LogP contribution in [0.1, 0.15) is 35.9 Å². The van der Waals surface area contributed by atoms with Crippen molar-refractivity contribution in [2.24, 2.45) is 0 Å². The van der Waals surface area contributed by atoms with Crippen molar-refractivity contribution in [3.63, 3.8) is 0 Å². The van der Waals surface area contributed by atoms with Gasteiger partial charge in [0.25, 0.3) is 0 Å². The lowest BCUT2D eigenvalue weighted by Crippen LogP contribution is -2.46. The summed E-state index contributed by atoms with van der Waals surface area (Å²) < 4.78 is 20.7. The second-order valence-electron chi connectivity index (χ2n) is 6.15. The van der Waals surface area contributed by atoms with Gasteiger partial charge in [0.1, 0.15) is 6.33 Å². The van der Waals surface area contributed by atoms with E-state index in [0.29, 0.717) is 17.9 Å². The van der Waals surface area contributed by atoms with Gasteiger partial charge in [0.2, 0.25) is 0 Å². The van der Waals surface area contributed by atoms with E-state index in [-0.39, 0.29) is 11.4 Å². The second kappa shape index (κ2) is 5.83. The maximum Gasteiger partial charge on any atom is 0.187 e. The summed E-state index contributed by atoms with van der Waals surface area (Å²) in [6.45, 7) is 4.21. The third kappa shape index (κ3) is 2.44. The van der Waals surface area contributed by atoms with Crippen molar-refractivity contribution in [2.75, 3.05) is 24.6 Å². The predicted octanol–water partition coefficient (Wildman–Crippen LogP) is 3.31. The lowest BCUT2D eigenvalue weighted by atomic mass is 9.82. The number of hydrogen-bond donors (Lipinski definition) is 0. The number of anilines is 1. The molecule has 2 aromatic rings. The molecule has 1 spiro atoms. The third-order valence-electron chi connectivity index (χ3n) is 4.99. The summed E-state index contributed by atoms with van der Waals surface area (Å²) in [4.78, 5) is 11.7. The zero-order valence-electron chi connectivity index (χ0n) is 13.2. The Balaban J connectivity index is 1.57. The number of nitrogens with zero attached hydrogens (tertiary/aromatic N) is 3. The molecule has 1 fully saturated rings. The minimum absolute atomic E-state index is 0.179. The topological polar surface area (TPSA) is 38.2 Å². The Kier molecular flexibility index (Phi) is 3.81. The molecule has 0 aliphatic carbocycles. The second-order valence-corrected chi connectivity index (χ2v) is 7.15. The first-order chi connectivity index (χ1) is 11.2. The molecule has 0 bridgehead atoms. The van der Waals surface area contributed by atoms with Crippen LogP contribution >= 0.6 is 11.3 Å². The van der Waals surface area contributed by atoms with E-state index in [0.717, 1.165) is 39.0 Å². The number of fused-ring (bicyclic) bond motifs is 2. The molecule has 122 valence electrons. The van der Waals surface area contributed by atoms with Crippen LogP contribution in [-0.2, 0) is 23.2 Å². The molecule has 2 aliphatic rings. The number of piperidine rings is 1. The largest absolute Gasteiger partial charge is 0.370 e. The van der Waals surface area contributed by atoms with Gasteiger partial charge in [-0.15, -0.1) is 11.3 Å². The molecule has 0 atom stereocenters. The molecule has 23 heavy (non-hydrogen) atoms. The van der Waals surface area contributed by atoms with Crippen LogP contribution in [-0.4, -0.2) is 29.7 Å². The number of halogens is 1. The molecule has 0 saturated carbocycles. The maximum absolute atomic E-state index is 14.5. The van der Waals surface area contributed by atoms with E-state index in [9.17, 15) is 4.39 Å². The Bertz CT molecular complexity index is 710. The van der Waals surface area contributed by atoms with Crippen molar-refractivity contribution >= 4 is 17.2 Å². The minimum atomic E-state index is -0.272. The first-order valence-corrected chi connectivity index (χ1v) is 9.06. The Morgan fingerprint density at radius 2 is 2.17 bits per heavy atom. The van der Waals surface area contributed by atoms with E-state index < -0.39 is 0 Å². The molecule has 0 aromatic carbocycles. The number of aryl methyl sites for hydroxylation is 1. The predicted molar refractivity (Wildman–Crippen MR) is 88.5 cm³/mol. The van der Waals surface area contributed by atoms with Gasteiger partial charge in [-0.1, -0.05) is 6.92 Å². The third-order valence-corrected chi connectivity index (χ3v) is 5.97. The fourth-order valence-electron chi connectivity index (χ4n) is 3.71. The molecule has 0 amide bonds. The smallest absolute Gasteiger partial charge is 0.187 e. The molecule has 0 radical (unpaired) electrons. The summed E-state index contributed by atoms with van der Waals surface area (Å²) in [5.74, 6) is 0.166. The van der Waals surface area contributed by atoms with E-state index in [1.54, 1.807) is 0 Å². The quantitative estimate of drug-likeness (QED) is 0.845. The molecule has 4 nitrogen and oxygen atoms in total. The van der Waals surface area contributed by atoms with Crippen LogP contribution in [0.25, 0.3) is 0 Å². The molecule has 1 saturated heterocycles. The Morgan fingerprint density at radius 1 is 1.35 bits per heavy atom. The normalized spacial score (nSPS) is 19.8. The van der Waals surface area contributed by atoms with Crippen molar-refractivity contribution in [3.8, 4) is 0 Å². The van der Waals surface area contributed by atoms with Crippen LogP contribution in [0.4, 0.5) is 10.2 Å². The fourth-order valence-corrected chi connectivity index (χ4v) is 4.66. The summed E-state index contributed by atoms with van der Waals surface area (Å²) in [5.41, 5.74) is 1.66. The zero-order chi connectivity index (χ0) is 15.9. The van der Waals surface area contributed by atoms with Crippen LogP contribution < -0.4 is 4.90 Å². The highest BCUT2D eigenvalue weighted by atomic mass is 32.1. The molecule has 2 aliphatic heterocycles. The minimum Gasteiger partial charge on any atom is -0.370 e. The van der Waals surface area contributed by atoms with Gasteiger partial charge >= 0.3 is 0 Å². The van der Waals surface area contributed by atoms with Gasteiger partial charge in [-0.25, -0.2) is 14.4 Å². The highest BCUT2D eigenvalue weighted by Crippen LogP contribution is 2.43. The van der Waals surface area contributed by atoms with Gasteiger partial charge in [-0.2, -0.15) is 0 Å². The van der Waals surface area contributed by atoms with Crippen molar-refractivity contribution in [2.45, 2.75) is 38.2 Å². The average molecular weight is 333 g/mol. The van der Waals surface area contributed by atoms with Gasteiger partial charge in [-0.3, -0.25) is 0 Å². The number of ether oxygens (including phenoxy) is 1. The van der Waals surface area contributed by atoms with Crippen LogP contribution in [0.5, 0.6) is 0 Å². The van der Waals surface area contributed by atoms with Gasteiger partial charge in [0, 0.05) is 24.4 Å². The lowest BCUT2D eigenvalue weighted by molar-refractivity contribution is -0.0757. The van der Waals surface area contributed by atoms with Crippen molar-refractivity contribution < 1.29 is 9.13 Å². The Morgan fingerprint density at radius 3 is 2.96 bits per heavy atom. The number of thiophene rings is 1. The standard InChI is InChI=1S/C17H20FN3OS/c1-2-13-15(18)16(20-11-19-13)21-7-5-17(6-8-21)12-4-10-23-14(12)3-9-22-17/h4,10-11H,2-3,5-9H2,1H3. The molecule has 4 heterocycles. The first-order valence-electron chi connectivity index (χ1n) is 8.18. The lowest BCUT2D eigenvalue weighted by Gasteiger charge is -2.44. The zero-order valence-corrected chi connectivity index (χ0v) is 14.0. The molecule has 2 aromatic heterocycles.